The quantitative estimate of drug-likeness (QED) is 0.383. The smallest absolute Gasteiger partial charge is 0.458 e. The Bertz CT molecular complexity index is 435. The van der Waals surface area contributed by atoms with Crippen LogP contribution in [0.1, 0.15) is 0 Å². The molecule has 0 aromatic rings. The van der Waals surface area contributed by atoms with Crippen molar-refractivity contribution in [2.24, 2.45) is 0 Å². The molecule has 0 aliphatic heterocycles. The van der Waals surface area contributed by atoms with Crippen molar-refractivity contribution in [2.75, 3.05) is 0 Å². The lowest BCUT2D eigenvalue weighted by Crippen LogP contribution is -2.71. The summed E-state index contributed by atoms with van der Waals surface area (Å²) in [5.74, 6) is 0. The van der Waals surface area contributed by atoms with Crippen LogP contribution in [-0.2, 0) is 7.58 Å². The zero-order chi connectivity index (χ0) is 24.1. The van der Waals surface area contributed by atoms with E-state index in [1.165, 1.54) is 0 Å². The molecule has 2 nitrogen and oxygen atoms in total. The summed E-state index contributed by atoms with van der Waals surface area (Å²) in [5.41, 5.74) is -14.9. The van der Waals surface area contributed by atoms with E-state index in [-0.39, 0.29) is 0 Å². The van der Waals surface area contributed by atoms with Crippen LogP contribution < -0.4 is 0 Å². The first kappa shape index (κ1) is 28.2. The zero-order valence-electron chi connectivity index (χ0n) is 12.2. The fourth-order valence-electron chi connectivity index (χ4n) is 1.53. The van der Waals surface area contributed by atoms with Crippen molar-refractivity contribution in [1.29, 1.82) is 0 Å². The fraction of sp³-hybridized carbons (Fsp3) is 1.00. The van der Waals surface area contributed by atoms with Gasteiger partial charge in [0.05, 0.1) is 0 Å². The van der Waals surface area contributed by atoms with Crippen molar-refractivity contribution in [3.63, 3.8) is 0 Å². The highest BCUT2D eigenvalue weighted by molar-refractivity contribution is 6.18. The van der Waals surface area contributed by atoms with Gasteiger partial charge in [-0.15, -0.1) is 0 Å². The Balaban J connectivity index is 6.44. The summed E-state index contributed by atoms with van der Waals surface area (Å²) in [5, 5.41) is 0. The lowest BCUT2D eigenvalue weighted by atomic mass is 10.0. The van der Waals surface area contributed by atoms with Gasteiger partial charge in [-0.3, -0.25) is 0 Å². The highest BCUT2D eigenvalue weighted by Gasteiger charge is 2.87. The zero-order valence-corrected chi connectivity index (χ0v) is 13.4. The number of hydrogen-bond acceptors (Lipinski definition) is 2. The SMILES string of the molecule is FC(F)(F)C([O][Al][O]C(C(F)(F)F)(C(F)(F)F)C(F)(F)F)(C(F)(F)F)C(F)(F)F. The summed E-state index contributed by atoms with van der Waals surface area (Å²) in [4.78, 5) is 0. The van der Waals surface area contributed by atoms with Crippen molar-refractivity contribution >= 4 is 15.9 Å². The van der Waals surface area contributed by atoms with E-state index in [2.05, 4.69) is 7.58 Å². The van der Waals surface area contributed by atoms with Gasteiger partial charge >= 0.3 is 64.1 Å². The van der Waals surface area contributed by atoms with E-state index in [0.717, 1.165) is 0 Å². The van der Waals surface area contributed by atoms with Gasteiger partial charge in [0.25, 0.3) is 0 Å². The van der Waals surface area contributed by atoms with E-state index in [9.17, 15) is 79.0 Å². The van der Waals surface area contributed by atoms with Crippen LogP contribution in [0.5, 0.6) is 0 Å². The van der Waals surface area contributed by atoms with Crippen LogP contribution in [-0.4, -0.2) is 64.1 Å². The van der Waals surface area contributed by atoms with Crippen molar-refractivity contribution in [3.8, 4) is 0 Å². The highest BCUT2D eigenvalue weighted by Crippen LogP contribution is 2.57. The molecule has 173 valence electrons. The molecular formula is C8AlF18O2. The first-order valence-electron chi connectivity index (χ1n) is 5.78. The normalized spacial score (nSPS) is 16.2. The summed E-state index contributed by atoms with van der Waals surface area (Å²) in [6.07, 6.45) is -45.8. The fourth-order valence-corrected chi connectivity index (χ4v) is 2.67. The van der Waals surface area contributed by atoms with E-state index in [0.29, 0.717) is 0 Å². The molecule has 21 heteroatoms. The maximum atomic E-state index is 12.4. The van der Waals surface area contributed by atoms with Gasteiger partial charge in [0.2, 0.25) is 0 Å². The molecule has 0 fully saturated rings. The van der Waals surface area contributed by atoms with E-state index in [1.807, 2.05) is 0 Å². The summed E-state index contributed by atoms with van der Waals surface area (Å²) in [6, 6.07) is 0. The predicted octanol–water partition coefficient (Wildman–Crippen LogP) is 5.41. The molecule has 0 heterocycles. The molecule has 0 atom stereocenters. The molecule has 0 spiro atoms. The molecule has 0 N–H and O–H groups in total. The van der Waals surface area contributed by atoms with Gasteiger partial charge in [-0.05, 0) is 0 Å². The van der Waals surface area contributed by atoms with Crippen molar-refractivity contribution in [3.05, 3.63) is 0 Å². The van der Waals surface area contributed by atoms with E-state index in [1.54, 1.807) is 0 Å². The summed E-state index contributed by atoms with van der Waals surface area (Å²) in [7, 11) is 0. The Morgan fingerprint density at radius 2 is 0.448 bits per heavy atom. The van der Waals surface area contributed by atoms with Gasteiger partial charge in [0, 0.05) is 0 Å². The summed E-state index contributed by atoms with van der Waals surface area (Å²) in [6.45, 7) is 0. The second-order valence-electron chi connectivity index (χ2n) is 4.68. The molecular weight excluding hydrogens is 497 g/mol. The van der Waals surface area contributed by atoms with Crippen LogP contribution >= 0.6 is 0 Å². The molecule has 0 bridgehead atoms. The number of hydrogen-bond donors (Lipinski definition) is 0. The van der Waals surface area contributed by atoms with Crippen LogP contribution in [0.2, 0.25) is 0 Å². The third-order valence-electron chi connectivity index (χ3n) is 2.84. The molecule has 29 heavy (non-hydrogen) atoms. The molecule has 0 aliphatic rings. The molecule has 0 aliphatic carbocycles. The van der Waals surface area contributed by atoms with Crippen LogP contribution in [0.3, 0.4) is 0 Å². The number of rotatable bonds is 4. The van der Waals surface area contributed by atoms with Gasteiger partial charge in [0.15, 0.2) is 0 Å². The number of alkyl halides is 18. The van der Waals surface area contributed by atoms with Crippen LogP contribution in [0.25, 0.3) is 0 Å². The van der Waals surface area contributed by atoms with Crippen molar-refractivity contribution in [1.82, 2.24) is 0 Å². The third kappa shape index (κ3) is 4.61. The van der Waals surface area contributed by atoms with E-state index < -0.39 is 64.1 Å². The Kier molecular flexibility index (Phi) is 7.20. The first-order chi connectivity index (χ1) is 12.2. The maximum absolute atomic E-state index is 12.4. The molecule has 1 radical (unpaired) electrons. The average molecular weight is 497 g/mol. The Morgan fingerprint density at radius 1 is 0.310 bits per heavy atom. The molecule has 0 rings (SSSR count). The van der Waals surface area contributed by atoms with Crippen LogP contribution in [0.4, 0.5) is 79.0 Å². The van der Waals surface area contributed by atoms with E-state index >= 15 is 0 Å². The number of halogens is 18. The van der Waals surface area contributed by atoms with Gasteiger partial charge in [0.1, 0.15) is 0 Å². The molecule has 0 aromatic heterocycles. The Morgan fingerprint density at radius 3 is 0.552 bits per heavy atom. The minimum absolute atomic E-state index is 2.15. The standard InChI is InChI=1S/2C4F9O.Al/c2*5-2(6,7)1(14,3(8,9)10)4(11,12)13;/q2*-1;+2. The Hall–Kier alpha value is -0.808. The average Bonchev–Trinajstić information content (AvgIpc) is 2.27. The minimum atomic E-state index is -7.63. The first-order valence-corrected chi connectivity index (χ1v) is 6.72. The summed E-state index contributed by atoms with van der Waals surface area (Å²) < 4.78 is 228. The van der Waals surface area contributed by atoms with Crippen LogP contribution in [0, 0.1) is 0 Å². The predicted molar refractivity (Wildman–Crippen MR) is 49.7 cm³/mol. The maximum Gasteiger partial charge on any atom is 0.670 e. The largest absolute Gasteiger partial charge is 0.670 e. The molecule has 0 saturated heterocycles. The molecule has 0 saturated carbocycles. The molecule has 0 aromatic carbocycles. The lowest BCUT2D eigenvalue weighted by molar-refractivity contribution is -0.452. The van der Waals surface area contributed by atoms with Gasteiger partial charge in [-0.25, -0.2) is 0 Å². The highest BCUT2D eigenvalue weighted by atomic mass is 27.2. The topological polar surface area (TPSA) is 18.5 Å². The molecule has 0 amide bonds. The molecule has 0 unspecified atom stereocenters. The van der Waals surface area contributed by atoms with Crippen molar-refractivity contribution in [2.45, 2.75) is 48.3 Å². The second kappa shape index (κ2) is 7.40. The second-order valence-corrected chi connectivity index (χ2v) is 5.34. The third-order valence-corrected chi connectivity index (χ3v) is 3.74. The van der Waals surface area contributed by atoms with Gasteiger partial charge in [-0.1, -0.05) is 0 Å². The van der Waals surface area contributed by atoms with E-state index in [4.69, 9.17) is 0 Å². The van der Waals surface area contributed by atoms with Crippen LogP contribution in [0.15, 0.2) is 0 Å². The van der Waals surface area contributed by atoms with Gasteiger partial charge in [-0.2, -0.15) is 79.0 Å². The summed E-state index contributed by atoms with van der Waals surface area (Å²) >= 11 is -4.97. The van der Waals surface area contributed by atoms with Crippen molar-refractivity contribution < 1.29 is 86.6 Å². The monoisotopic (exact) mass is 497 g/mol. The minimum Gasteiger partial charge on any atom is -0.458 e. The van der Waals surface area contributed by atoms with Gasteiger partial charge < -0.3 is 7.58 Å². The Labute approximate surface area is 152 Å². The lowest BCUT2D eigenvalue weighted by Gasteiger charge is -2.41.